The molecule has 3 N–H and O–H groups in total. The van der Waals surface area contributed by atoms with Crippen LogP contribution in [0.15, 0.2) is 36.4 Å². The molecule has 0 spiro atoms. The number of nitrogens with two attached hydrogens (primary N) is 1. The van der Waals surface area contributed by atoms with E-state index in [1.165, 1.54) is 11.0 Å². The van der Waals surface area contributed by atoms with Crippen LogP contribution in [0.5, 0.6) is 0 Å². The second-order valence-corrected chi connectivity index (χ2v) is 3.91. The summed E-state index contributed by atoms with van der Waals surface area (Å²) in [5, 5.41) is 15.0. The van der Waals surface area contributed by atoms with Crippen molar-refractivity contribution in [2.45, 2.75) is 6.42 Å². The third-order valence-corrected chi connectivity index (χ3v) is 2.59. The Balaban J connectivity index is 2.28. The Morgan fingerprint density at radius 3 is 2.74 bits per heavy atom. The first kappa shape index (κ1) is 12.6. The summed E-state index contributed by atoms with van der Waals surface area (Å²) in [6.07, 6.45) is 0.254. The summed E-state index contributed by atoms with van der Waals surface area (Å²) in [6, 6.07) is 12.7. The van der Waals surface area contributed by atoms with E-state index < -0.39 is 0 Å². The number of amides is 1. The van der Waals surface area contributed by atoms with Crippen molar-refractivity contribution in [3.63, 3.8) is 0 Å². The summed E-state index contributed by atoms with van der Waals surface area (Å²) in [4.78, 5) is 13.9. The van der Waals surface area contributed by atoms with Crippen LogP contribution < -0.4 is 10.6 Å². The molecule has 0 radical (unpaired) electrons. The highest BCUT2D eigenvalue weighted by molar-refractivity contribution is 6.05. The predicted octanol–water partition coefficient (Wildman–Crippen LogP) is 1.55. The lowest BCUT2D eigenvalue weighted by atomic mass is 10.2. The highest BCUT2D eigenvalue weighted by atomic mass is 16.2. The molecule has 96 valence electrons. The van der Waals surface area contributed by atoms with Gasteiger partial charge in [0, 0.05) is 18.3 Å². The van der Waals surface area contributed by atoms with E-state index >= 15 is 0 Å². The Hall–Kier alpha value is -2.81. The van der Waals surface area contributed by atoms with Crippen molar-refractivity contribution in [3.05, 3.63) is 42.1 Å². The van der Waals surface area contributed by atoms with E-state index in [0.29, 0.717) is 12.2 Å². The zero-order valence-corrected chi connectivity index (χ0v) is 10.2. The summed E-state index contributed by atoms with van der Waals surface area (Å²) in [6.45, 7) is 0.318. The molecule has 0 aliphatic rings. The van der Waals surface area contributed by atoms with Crippen LogP contribution in [0.3, 0.4) is 0 Å². The Bertz CT molecular complexity index is 599. The van der Waals surface area contributed by atoms with Crippen molar-refractivity contribution in [2.75, 3.05) is 17.2 Å². The number of aromatic nitrogens is 2. The topological polar surface area (TPSA) is 98.8 Å². The molecule has 0 atom stereocenters. The maximum absolute atomic E-state index is 12.4. The lowest BCUT2D eigenvalue weighted by molar-refractivity contribution is 0.0982. The number of carbonyl (C=O) groups excluding carboxylic acids is 1. The zero-order valence-electron chi connectivity index (χ0n) is 10.2. The predicted molar refractivity (Wildman–Crippen MR) is 71.3 cm³/mol. The third kappa shape index (κ3) is 2.90. The van der Waals surface area contributed by atoms with Gasteiger partial charge in [0.15, 0.2) is 0 Å². The van der Waals surface area contributed by atoms with Crippen LogP contribution >= 0.6 is 0 Å². The van der Waals surface area contributed by atoms with Crippen LogP contribution in [0, 0.1) is 11.3 Å². The van der Waals surface area contributed by atoms with Gasteiger partial charge in [0.25, 0.3) is 5.91 Å². The van der Waals surface area contributed by atoms with E-state index in [-0.39, 0.29) is 18.1 Å². The lowest BCUT2D eigenvalue weighted by Gasteiger charge is -2.20. The maximum atomic E-state index is 12.4. The van der Waals surface area contributed by atoms with Gasteiger partial charge in [0.1, 0.15) is 11.5 Å². The Kier molecular flexibility index (Phi) is 3.78. The summed E-state index contributed by atoms with van der Waals surface area (Å²) >= 11 is 0. The number of nitrogens with zero attached hydrogens (tertiary/aromatic N) is 3. The molecular formula is C13H13N5O. The highest BCUT2D eigenvalue weighted by Crippen LogP contribution is 2.17. The molecule has 1 amide bonds. The number of benzene rings is 1. The van der Waals surface area contributed by atoms with Gasteiger partial charge in [0.2, 0.25) is 0 Å². The van der Waals surface area contributed by atoms with Gasteiger partial charge < -0.3 is 10.6 Å². The molecule has 0 saturated carbocycles. The number of anilines is 2. The van der Waals surface area contributed by atoms with Crippen LogP contribution in [0.25, 0.3) is 0 Å². The minimum atomic E-state index is -0.259. The molecule has 1 heterocycles. The highest BCUT2D eigenvalue weighted by Gasteiger charge is 2.19. The fraction of sp³-hybridized carbons (Fsp3) is 0.154. The average molecular weight is 255 g/mol. The molecule has 0 aliphatic carbocycles. The molecule has 0 aliphatic heterocycles. The van der Waals surface area contributed by atoms with Gasteiger partial charge in [-0.25, -0.2) is 0 Å². The summed E-state index contributed by atoms with van der Waals surface area (Å²) in [5.74, 6) is 0.00212. The fourth-order valence-electron chi connectivity index (χ4n) is 1.71. The molecule has 1 aromatic heterocycles. The van der Waals surface area contributed by atoms with E-state index in [9.17, 15) is 4.79 Å². The van der Waals surface area contributed by atoms with Gasteiger partial charge in [-0.05, 0) is 12.1 Å². The number of hydrogen-bond acceptors (Lipinski definition) is 4. The molecule has 0 unspecified atom stereocenters. The molecule has 0 bridgehead atoms. The number of aromatic amines is 1. The van der Waals surface area contributed by atoms with Crippen molar-refractivity contribution < 1.29 is 4.79 Å². The first-order chi connectivity index (χ1) is 9.22. The third-order valence-electron chi connectivity index (χ3n) is 2.59. The van der Waals surface area contributed by atoms with Gasteiger partial charge >= 0.3 is 0 Å². The second-order valence-electron chi connectivity index (χ2n) is 3.91. The standard InChI is InChI=1S/C13H13N5O/c14-7-4-8-18(10-5-2-1-3-6-10)13(19)11-9-12(15)17-16-11/h1-3,5-6,9H,4,8H2,(H3,15,16,17). The first-order valence-electron chi connectivity index (χ1n) is 5.77. The van der Waals surface area contributed by atoms with Crippen molar-refractivity contribution >= 4 is 17.4 Å². The van der Waals surface area contributed by atoms with Crippen LogP contribution in [-0.2, 0) is 0 Å². The van der Waals surface area contributed by atoms with E-state index in [1.54, 1.807) is 0 Å². The fourth-order valence-corrected chi connectivity index (χ4v) is 1.71. The Labute approximate surface area is 110 Å². The number of rotatable bonds is 4. The first-order valence-corrected chi connectivity index (χ1v) is 5.77. The summed E-state index contributed by atoms with van der Waals surface area (Å²) < 4.78 is 0. The smallest absolute Gasteiger partial charge is 0.276 e. The number of carbonyl (C=O) groups is 1. The van der Waals surface area contributed by atoms with Crippen LogP contribution in [0.4, 0.5) is 11.5 Å². The SMILES string of the molecule is N#CCCN(C(=O)c1cc(N)n[nH]1)c1ccccc1. The molecule has 0 fully saturated rings. The van der Waals surface area contributed by atoms with E-state index in [0.717, 1.165) is 5.69 Å². The van der Waals surface area contributed by atoms with Gasteiger partial charge in [-0.1, -0.05) is 18.2 Å². The minimum absolute atomic E-state index is 0.254. The van der Waals surface area contributed by atoms with Crippen molar-refractivity contribution in [1.82, 2.24) is 10.2 Å². The lowest BCUT2D eigenvalue weighted by Crippen LogP contribution is -2.32. The van der Waals surface area contributed by atoms with Gasteiger partial charge in [0.05, 0.1) is 12.5 Å². The molecule has 2 aromatic rings. The number of hydrogen-bond donors (Lipinski definition) is 2. The average Bonchev–Trinajstić information content (AvgIpc) is 2.87. The monoisotopic (exact) mass is 255 g/mol. The van der Waals surface area contributed by atoms with Gasteiger partial charge in [-0.15, -0.1) is 0 Å². The van der Waals surface area contributed by atoms with Gasteiger partial charge in [-0.3, -0.25) is 9.89 Å². The molecular weight excluding hydrogens is 242 g/mol. The number of nitrogens with one attached hydrogen (secondary N) is 1. The molecule has 0 saturated heterocycles. The van der Waals surface area contributed by atoms with E-state index in [4.69, 9.17) is 11.0 Å². The largest absolute Gasteiger partial charge is 0.382 e. The van der Waals surface area contributed by atoms with Crippen LogP contribution in [0.1, 0.15) is 16.9 Å². The van der Waals surface area contributed by atoms with Crippen LogP contribution in [0.2, 0.25) is 0 Å². The van der Waals surface area contributed by atoms with Crippen LogP contribution in [-0.4, -0.2) is 22.6 Å². The molecule has 19 heavy (non-hydrogen) atoms. The maximum Gasteiger partial charge on any atom is 0.276 e. The number of nitriles is 1. The zero-order chi connectivity index (χ0) is 13.7. The van der Waals surface area contributed by atoms with E-state index in [2.05, 4.69) is 10.2 Å². The molecule has 6 heteroatoms. The number of nitrogen functional groups attached to an aromatic ring is 1. The summed E-state index contributed by atoms with van der Waals surface area (Å²) in [5.41, 5.74) is 6.53. The normalized spacial score (nSPS) is 9.84. The number of para-hydroxylation sites is 1. The van der Waals surface area contributed by atoms with Crippen molar-refractivity contribution in [3.8, 4) is 6.07 Å². The Morgan fingerprint density at radius 2 is 2.16 bits per heavy atom. The van der Waals surface area contributed by atoms with Gasteiger partial charge in [-0.2, -0.15) is 10.4 Å². The quantitative estimate of drug-likeness (QED) is 0.865. The molecule has 6 nitrogen and oxygen atoms in total. The number of H-pyrrole nitrogens is 1. The molecule has 1 aromatic carbocycles. The van der Waals surface area contributed by atoms with Crippen molar-refractivity contribution in [1.29, 1.82) is 5.26 Å². The van der Waals surface area contributed by atoms with Crippen molar-refractivity contribution in [2.24, 2.45) is 0 Å². The van der Waals surface area contributed by atoms with E-state index in [1.807, 2.05) is 36.4 Å². The Morgan fingerprint density at radius 1 is 1.42 bits per heavy atom. The molecule has 2 rings (SSSR count). The summed E-state index contributed by atoms with van der Waals surface area (Å²) in [7, 11) is 0. The minimum Gasteiger partial charge on any atom is -0.382 e. The second kappa shape index (κ2) is 5.69.